The first-order valence-electron chi connectivity index (χ1n) is 10.5. The highest BCUT2D eigenvalue weighted by Gasteiger charge is 2.38. The summed E-state index contributed by atoms with van der Waals surface area (Å²) in [5.74, 6) is 1.16. The summed E-state index contributed by atoms with van der Waals surface area (Å²) < 4.78 is 34.6. The van der Waals surface area contributed by atoms with Crippen molar-refractivity contribution in [2.75, 3.05) is 33.3 Å². The standard InChI is InChI=1S/C22H34N2O4S/c1-5-6-18-9-10-22-20(11-18)28-21(14-23(4)13-19-7-8-19)16(2)12-24(17(3)15-25)29(22,26)27/h5-6,9-11,16-17,19,21,25H,7-8,12-15H2,1-4H3/b6-5+/t16-,17+,21-/m1/s1. The van der Waals surface area contributed by atoms with Crippen LogP contribution < -0.4 is 4.74 Å². The molecule has 2 aliphatic rings. The van der Waals surface area contributed by atoms with Gasteiger partial charge in [-0.05, 0) is 57.4 Å². The zero-order valence-corrected chi connectivity index (χ0v) is 18.7. The van der Waals surface area contributed by atoms with Crippen molar-refractivity contribution >= 4 is 16.1 Å². The second-order valence-electron chi connectivity index (χ2n) is 8.61. The Morgan fingerprint density at radius 2 is 2.07 bits per heavy atom. The van der Waals surface area contributed by atoms with Crippen molar-refractivity contribution in [3.05, 3.63) is 29.8 Å². The third-order valence-electron chi connectivity index (χ3n) is 5.81. The number of nitrogens with zero attached hydrogens (tertiary/aromatic N) is 2. The van der Waals surface area contributed by atoms with E-state index in [2.05, 4.69) is 11.9 Å². The number of aliphatic hydroxyl groups is 1. The molecule has 162 valence electrons. The van der Waals surface area contributed by atoms with Gasteiger partial charge in [-0.1, -0.05) is 25.1 Å². The highest BCUT2D eigenvalue weighted by Crippen LogP contribution is 2.35. The Labute approximate surface area is 175 Å². The molecule has 1 fully saturated rings. The molecule has 0 amide bonds. The fraction of sp³-hybridized carbons (Fsp3) is 0.636. The summed E-state index contributed by atoms with van der Waals surface area (Å²) in [5, 5.41) is 9.69. The van der Waals surface area contributed by atoms with Gasteiger partial charge in [0.2, 0.25) is 10.0 Å². The van der Waals surface area contributed by atoms with E-state index in [-0.39, 0.29) is 23.5 Å². The van der Waals surface area contributed by atoms with Crippen LogP contribution in [0.3, 0.4) is 0 Å². The van der Waals surface area contributed by atoms with Crippen molar-refractivity contribution in [1.29, 1.82) is 0 Å². The van der Waals surface area contributed by atoms with Gasteiger partial charge in [-0.3, -0.25) is 0 Å². The van der Waals surface area contributed by atoms with E-state index in [0.29, 0.717) is 12.3 Å². The predicted octanol–water partition coefficient (Wildman–Crippen LogP) is 2.83. The second kappa shape index (κ2) is 9.16. The molecule has 0 spiro atoms. The van der Waals surface area contributed by atoms with Crippen molar-refractivity contribution in [2.45, 2.75) is 50.7 Å². The van der Waals surface area contributed by atoms with E-state index in [1.165, 1.54) is 17.1 Å². The van der Waals surface area contributed by atoms with E-state index in [1.54, 1.807) is 25.1 Å². The van der Waals surface area contributed by atoms with Gasteiger partial charge < -0.3 is 14.7 Å². The number of allylic oxidation sites excluding steroid dienone is 1. The molecule has 1 aliphatic heterocycles. The highest BCUT2D eigenvalue weighted by molar-refractivity contribution is 7.89. The van der Waals surface area contributed by atoms with Crippen molar-refractivity contribution in [2.24, 2.45) is 11.8 Å². The first-order chi connectivity index (χ1) is 13.8. The van der Waals surface area contributed by atoms with Crippen LogP contribution in [0.25, 0.3) is 6.08 Å². The van der Waals surface area contributed by atoms with E-state index in [4.69, 9.17) is 4.74 Å². The van der Waals surface area contributed by atoms with Crippen LogP contribution in [-0.4, -0.2) is 68.2 Å². The van der Waals surface area contributed by atoms with Crippen LogP contribution in [0.15, 0.2) is 29.2 Å². The molecule has 0 radical (unpaired) electrons. The lowest BCUT2D eigenvalue weighted by molar-refractivity contribution is 0.0740. The van der Waals surface area contributed by atoms with Crippen LogP contribution in [0.2, 0.25) is 0 Å². The lowest BCUT2D eigenvalue weighted by atomic mass is 10.0. The molecule has 1 aromatic carbocycles. The minimum atomic E-state index is -3.77. The van der Waals surface area contributed by atoms with Crippen molar-refractivity contribution in [3.63, 3.8) is 0 Å². The van der Waals surface area contributed by atoms with E-state index >= 15 is 0 Å². The largest absolute Gasteiger partial charge is 0.487 e. The van der Waals surface area contributed by atoms with Crippen LogP contribution in [0.5, 0.6) is 5.75 Å². The summed E-state index contributed by atoms with van der Waals surface area (Å²) in [6.07, 6.45) is 6.30. The highest BCUT2D eigenvalue weighted by atomic mass is 32.2. The quantitative estimate of drug-likeness (QED) is 0.732. The SMILES string of the molecule is C/C=C/c1ccc2c(c1)O[C@H](CN(C)CC1CC1)[C@H](C)CN([C@@H](C)CO)S2(=O)=O. The molecular weight excluding hydrogens is 388 g/mol. The second-order valence-corrected chi connectivity index (χ2v) is 10.5. The van der Waals surface area contributed by atoms with Gasteiger partial charge in [0.15, 0.2) is 0 Å². The number of sulfonamides is 1. The molecule has 1 saturated carbocycles. The van der Waals surface area contributed by atoms with Gasteiger partial charge in [0.05, 0.1) is 6.61 Å². The summed E-state index contributed by atoms with van der Waals surface area (Å²) in [6, 6.07) is 4.73. The van der Waals surface area contributed by atoms with Crippen LogP contribution in [0, 0.1) is 11.8 Å². The lowest BCUT2D eigenvalue weighted by Gasteiger charge is -2.37. The van der Waals surface area contributed by atoms with E-state index < -0.39 is 16.1 Å². The third-order valence-corrected chi connectivity index (χ3v) is 7.83. The Morgan fingerprint density at radius 1 is 1.34 bits per heavy atom. The Morgan fingerprint density at radius 3 is 2.69 bits per heavy atom. The molecule has 6 nitrogen and oxygen atoms in total. The minimum absolute atomic E-state index is 0.0149. The van der Waals surface area contributed by atoms with Crippen LogP contribution in [-0.2, 0) is 10.0 Å². The first-order valence-corrected chi connectivity index (χ1v) is 11.9. The van der Waals surface area contributed by atoms with Gasteiger partial charge in [-0.2, -0.15) is 4.31 Å². The molecule has 3 rings (SSSR count). The first kappa shape index (κ1) is 22.3. The van der Waals surface area contributed by atoms with Crippen LogP contribution >= 0.6 is 0 Å². The molecule has 1 heterocycles. The average Bonchev–Trinajstić information content (AvgIpc) is 3.48. The summed E-state index contributed by atoms with van der Waals surface area (Å²) >= 11 is 0. The molecule has 3 atom stereocenters. The number of aliphatic hydroxyl groups excluding tert-OH is 1. The van der Waals surface area contributed by atoms with Crippen molar-refractivity contribution < 1.29 is 18.3 Å². The minimum Gasteiger partial charge on any atom is -0.487 e. The fourth-order valence-corrected chi connectivity index (χ4v) is 5.70. The molecule has 1 aliphatic carbocycles. The van der Waals surface area contributed by atoms with Gasteiger partial charge >= 0.3 is 0 Å². The summed E-state index contributed by atoms with van der Waals surface area (Å²) in [6.45, 7) is 7.60. The van der Waals surface area contributed by atoms with Crippen molar-refractivity contribution in [1.82, 2.24) is 9.21 Å². The predicted molar refractivity (Wildman–Crippen MR) is 115 cm³/mol. The normalized spacial score (nSPS) is 26.0. The molecule has 0 unspecified atom stereocenters. The Hall–Kier alpha value is -1.41. The maximum Gasteiger partial charge on any atom is 0.247 e. The fourth-order valence-electron chi connectivity index (χ4n) is 3.88. The number of benzene rings is 1. The molecular formula is C22H34N2O4S. The number of rotatable bonds is 7. The molecule has 1 aromatic rings. The maximum atomic E-state index is 13.4. The molecule has 0 saturated heterocycles. The lowest BCUT2D eigenvalue weighted by Crippen LogP contribution is -2.49. The Bertz CT molecular complexity index is 835. The number of likely N-dealkylation sites (N-methyl/N-ethyl adjacent to an activating group) is 1. The smallest absolute Gasteiger partial charge is 0.247 e. The number of hydrogen-bond acceptors (Lipinski definition) is 5. The van der Waals surface area contributed by atoms with E-state index in [1.807, 2.05) is 26.0 Å². The maximum absolute atomic E-state index is 13.4. The van der Waals surface area contributed by atoms with Gasteiger partial charge in [0.25, 0.3) is 0 Å². The topological polar surface area (TPSA) is 70.1 Å². The van der Waals surface area contributed by atoms with E-state index in [9.17, 15) is 13.5 Å². The number of ether oxygens (including phenoxy) is 1. The summed E-state index contributed by atoms with van der Waals surface area (Å²) in [7, 11) is -1.66. The van der Waals surface area contributed by atoms with Gasteiger partial charge in [-0.25, -0.2) is 8.42 Å². The molecule has 7 heteroatoms. The number of fused-ring (bicyclic) bond motifs is 1. The average molecular weight is 423 g/mol. The van der Waals surface area contributed by atoms with Gasteiger partial charge in [-0.15, -0.1) is 0 Å². The number of hydrogen-bond donors (Lipinski definition) is 1. The zero-order chi connectivity index (χ0) is 21.2. The summed E-state index contributed by atoms with van der Waals surface area (Å²) in [4.78, 5) is 2.47. The van der Waals surface area contributed by atoms with Gasteiger partial charge in [0.1, 0.15) is 16.7 Å². The third kappa shape index (κ3) is 5.20. The molecule has 0 bridgehead atoms. The van der Waals surface area contributed by atoms with E-state index in [0.717, 1.165) is 24.6 Å². The Balaban J connectivity index is 1.99. The van der Waals surface area contributed by atoms with Crippen LogP contribution in [0.4, 0.5) is 0 Å². The monoisotopic (exact) mass is 422 g/mol. The van der Waals surface area contributed by atoms with Gasteiger partial charge in [0, 0.05) is 31.6 Å². The van der Waals surface area contributed by atoms with Crippen molar-refractivity contribution in [3.8, 4) is 5.75 Å². The summed E-state index contributed by atoms with van der Waals surface area (Å²) in [5.41, 5.74) is 0.904. The van der Waals surface area contributed by atoms with Crippen LogP contribution in [0.1, 0.15) is 39.2 Å². The molecule has 29 heavy (non-hydrogen) atoms. The Kier molecular flexibility index (Phi) is 7.04. The molecule has 0 aromatic heterocycles. The zero-order valence-electron chi connectivity index (χ0n) is 17.9. The molecule has 1 N–H and O–H groups in total.